The van der Waals surface area contributed by atoms with Crippen LogP contribution in [0.15, 0.2) is 51.4 Å². The smallest absolute Gasteiger partial charge is 0.263 e. The van der Waals surface area contributed by atoms with Crippen LogP contribution in [0.3, 0.4) is 0 Å². The van der Waals surface area contributed by atoms with Crippen LogP contribution in [0.25, 0.3) is 11.4 Å². The molecule has 3 rings (SSSR count). The highest BCUT2D eigenvalue weighted by molar-refractivity contribution is 9.11. The second-order valence-corrected chi connectivity index (χ2v) is 7.31. The van der Waals surface area contributed by atoms with Gasteiger partial charge >= 0.3 is 0 Å². The van der Waals surface area contributed by atoms with Crippen molar-refractivity contribution >= 4 is 38.9 Å². The average Bonchev–Trinajstić information content (AvgIpc) is 3.23. The molecule has 0 saturated heterocycles. The molecule has 122 valence electrons. The molecule has 0 atom stereocenters. The zero-order chi connectivity index (χ0) is 16.9. The number of hydrazone groups is 1. The third kappa shape index (κ3) is 4.12. The lowest BCUT2D eigenvalue weighted by molar-refractivity contribution is -0.122. The molecule has 0 bridgehead atoms. The van der Waals surface area contributed by atoms with Crippen LogP contribution in [0, 0.1) is 0 Å². The normalized spacial score (nSPS) is 11.5. The predicted molar refractivity (Wildman–Crippen MR) is 95.6 cm³/mol. The Labute approximate surface area is 150 Å². The summed E-state index contributed by atoms with van der Waals surface area (Å²) in [6.45, 7) is 1.78. The van der Waals surface area contributed by atoms with Crippen molar-refractivity contribution in [3.05, 3.63) is 51.1 Å². The van der Waals surface area contributed by atoms with Gasteiger partial charge in [0.2, 0.25) is 5.82 Å². The Balaban J connectivity index is 1.60. The summed E-state index contributed by atoms with van der Waals surface area (Å²) in [6.07, 6.45) is 0. The van der Waals surface area contributed by atoms with E-state index in [1.807, 2.05) is 49.4 Å². The lowest BCUT2D eigenvalue weighted by Gasteiger charge is -2.00. The Hall–Kier alpha value is -2.39. The van der Waals surface area contributed by atoms with E-state index in [2.05, 4.69) is 41.9 Å². The summed E-state index contributed by atoms with van der Waals surface area (Å²) in [5, 5.41) is 16.1. The topological polar surface area (TPSA) is 85.1 Å². The molecule has 0 saturated carbocycles. The summed E-state index contributed by atoms with van der Waals surface area (Å²) in [7, 11) is 0. The summed E-state index contributed by atoms with van der Waals surface area (Å²) in [5.41, 5.74) is 4.08. The molecule has 0 radical (unpaired) electrons. The Morgan fingerprint density at radius 2 is 2.08 bits per heavy atom. The molecule has 0 spiro atoms. The molecule has 0 aliphatic carbocycles. The number of aromatic nitrogens is 4. The van der Waals surface area contributed by atoms with Crippen molar-refractivity contribution in [2.45, 2.75) is 13.5 Å². The van der Waals surface area contributed by atoms with Gasteiger partial charge in [-0.2, -0.15) is 9.90 Å². The zero-order valence-corrected chi connectivity index (χ0v) is 15.1. The van der Waals surface area contributed by atoms with E-state index in [1.54, 1.807) is 11.3 Å². The number of amides is 1. The fraction of sp³-hybridized carbons (Fsp3) is 0.133. The standard InChI is InChI=1S/C15H13BrN6OS/c1-10(12-7-8-13(16)24-12)17-18-14(23)9-22-20-15(19-21-22)11-5-3-2-4-6-11/h2-8H,9H2,1H3,(H,18,23)/b17-10-. The van der Waals surface area contributed by atoms with E-state index >= 15 is 0 Å². The second kappa shape index (κ2) is 7.45. The van der Waals surface area contributed by atoms with E-state index in [1.165, 1.54) is 4.80 Å². The number of benzene rings is 1. The van der Waals surface area contributed by atoms with E-state index in [4.69, 9.17) is 0 Å². The molecule has 2 heterocycles. The zero-order valence-electron chi connectivity index (χ0n) is 12.7. The van der Waals surface area contributed by atoms with Crippen LogP contribution in [0.4, 0.5) is 0 Å². The highest BCUT2D eigenvalue weighted by atomic mass is 79.9. The molecule has 2 aromatic heterocycles. The maximum Gasteiger partial charge on any atom is 0.263 e. The molecule has 7 nitrogen and oxygen atoms in total. The highest BCUT2D eigenvalue weighted by Gasteiger charge is 2.09. The maximum absolute atomic E-state index is 11.9. The quantitative estimate of drug-likeness (QED) is 0.523. The molecule has 3 aromatic rings. The first-order valence-electron chi connectivity index (χ1n) is 7.04. The summed E-state index contributed by atoms with van der Waals surface area (Å²) in [4.78, 5) is 14.2. The molecular weight excluding hydrogens is 392 g/mol. The van der Waals surface area contributed by atoms with Gasteiger partial charge in [-0.05, 0) is 40.2 Å². The van der Waals surface area contributed by atoms with Crippen LogP contribution >= 0.6 is 27.3 Å². The highest BCUT2D eigenvalue weighted by Crippen LogP contribution is 2.22. The van der Waals surface area contributed by atoms with Gasteiger partial charge in [0.15, 0.2) is 0 Å². The van der Waals surface area contributed by atoms with Crippen molar-refractivity contribution in [2.24, 2.45) is 5.10 Å². The van der Waals surface area contributed by atoms with Gasteiger partial charge < -0.3 is 0 Å². The van der Waals surface area contributed by atoms with E-state index in [-0.39, 0.29) is 12.5 Å². The fourth-order valence-electron chi connectivity index (χ4n) is 1.89. The minimum atomic E-state index is -0.318. The van der Waals surface area contributed by atoms with Crippen LogP contribution in [0.1, 0.15) is 11.8 Å². The third-order valence-electron chi connectivity index (χ3n) is 3.05. The van der Waals surface area contributed by atoms with Crippen LogP contribution in [-0.4, -0.2) is 31.8 Å². The fourth-order valence-corrected chi connectivity index (χ4v) is 3.22. The summed E-state index contributed by atoms with van der Waals surface area (Å²) >= 11 is 4.94. The van der Waals surface area contributed by atoms with Crippen LogP contribution in [-0.2, 0) is 11.3 Å². The predicted octanol–water partition coefficient (Wildman–Crippen LogP) is 2.70. The van der Waals surface area contributed by atoms with Crippen LogP contribution < -0.4 is 5.43 Å². The van der Waals surface area contributed by atoms with Crippen molar-refractivity contribution < 1.29 is 4.79 Å². The number of rotatable bonds is 5. The Morgan fingerprint density at radius 1 is 1.29 bits per heavy atom. The van der Waals surface area contributed by atoms with Crippen molar-refractivity contribution in [3.63, 3.8) is 0 Å². The average molecular weight is 405 g/mol. The van der Waals surface area contributed by atoms with Gasteiger partial charge in [0, 0.05) is 5.56 Å². The molecular formula is C15H13BrN6OS. The Morgan fingerprint density at radius 3 is 2.79 bits per heavy atom. The van der Waals surface area contributed by atoms with Crippen molar-refractivity contribution in [3.8, 4) is 11.4 Å². The minimum absolute atomic E-state index is 0.0508. The largest absolute Gasteiger partial charge is 0.271 e. The summed E-state index contributed by atoms with van der Waals surface area (Å²) < 4.78 is 1.01. The van der Waals surface area contributed by atoms with E-state index in [9.17, 15) is 4.79 Å². The summed E-state index contributed by atoms with van der Waals surface area (Å²) in [5.74, 6) is 0.161. The molecule has 24 heavy (non-hydrogen) atoms. The monoisotopic (exact) mass is 404 g/mol. The third-order valence-corrected chi connectivity index (χ3v) is 4.78. The molecule has 0 unspecified atom stereocenters. The van der Waals surface area contributed by atoms with Gasteiger partial charge in [-0.25, -0.2) is 5.43 Å². The Kier molecular flexibility index (Phi) is 5.11. The number of thiophene rings is 1. The molecule has 1 amide bonds. The van der Waals surface area contributed by atoms with Gasteiger partial charge in [-0.15, -0.1) is 21.5 Å². The second-order valence-electron chi connectivity index (χ2n) is 4.85. The van der Waals surface area contributed by atoms with E-state index < -0.39 is 0 Å². The van der Waals surface area contributed by atoms with E-state index in [0.717, 1.165) is 19.9 Å². The van der Waals surface area contributed by atoms with Crippen LogP contribution in [0.5, 0.6) is 0 Å². The number of hydrogen-bond donors (Lipinski definition) is 1. The van der Waals surface area contributed by atoms with E-state index in [0.29, 0.717) is 5.82 Å². The van der Waals surface area contributed by atoms with Crippen molar-refractivity contribution in [1.29, 1.82) is 0 Å². The molecule has 1 N–H and O–H groups in total. The first-order chi connectivity index (χ1) is 11.6. The van der Waals surface area contributed by atoms with Gasteiger partial charge in [0.25, 0.3) is 5.91 Å². The first-order valence-corrected chi connectivity index (χ1v) is 8.65. The number of nitrogens with one attached hydrogen (secondary N) is 1. The number of tetrazole rings is 1. The van der Waals surface area contributed by atoms with Gasteiger partial charge in [0.05, 0.1) is 14.4 Å². The number of carbonyl (C=O) groups excluding carboxylic acids is 1. The summed E-state index contributed by atoms with van der Waals surface area (Å²) in [6, 6.07) is 13.3. The van der Waals surface area contributed by atoms with Gasteiger partial charge in [0.1, 0.15) is 6.54 Å². The van der Waals surface area contributed by atoms with Gasteiger partial charge in [-0.1, -0.05) is 30.3 Å². The molecule has 0 aliphatic heterocycles. The molecule has 1 aromatic carbocycles. The van der Waals surface area contributed by atoms with Crippen molar-refractivity contribution in [1.82, 2.24) is 25.6 Å². The van der Waals surface area contributed by atoms with Crippen LogP contribution in [0.2, 0.25) is 0 Å². The number of halogens is 1. The van der Waals surface area contributed by atoms with Gasteiger partial charge in [-0.3, -0.25) is 4.79 Å². The number of nitrogens with zero attached hydrogens (tertiary/aromatic N) is 5. The molecule has 9 heteroatoms. The van der Waals surface area contributed by atoms with Crippen molar-refractivity contribution in [2.75, 3.05) is 0 Å². The lowest BCUT2D eigenvalue weighted by atomic mass is 10.2. The number of carbonyl (C=O) groups is 1. The Bertz CT molecular complexity index is 873. The SMILES string of the molecule is C/C(=N/NC(=O)Cn1nnc(-c2ccccc2)n1)c1ccc(Br)s1. The minimum Gasteiger partial charge on any atom is -0.271 e. The molecule has 0 fully saturated rings. The number of hydrogen-bond acceptors (Lipinski definition) is 6. The first kappa shape index (κ1) is 16.5. The lowest BCUT2D eigenvalue weighted by Crippen LogP contribution is -2.25. The maximum atomic E-state index is 11.9. The molecule has 0 aliphatic rings.